The van der Waals surface area contributed by atoms with Gasteiger partial charge in [0.05, 0.1) is 19.3 Å². The first-order chi connectivity index (χ1) is 7.33. The topological polar surface area (TPSA) is 30.5 Å². The Balaban J connectivity index is 2.21. The van der Waals surface area contributed by atoms with Crippen molar-refractivity contribution in [3.8, 4) is 5.75 Å². The number of nitrogens with one attached hydrogen (secondary N) is 1. The van der Waals surface area contributed by atoms with Crippen molar-refractivity contribution < 1.29 is 9.57 Å². The summed E-state index contributed by atoms with van der Waals surface area (Å²) in [4.78, 5) is 5.29. The van der Waals surface area contributed by atoms with Crippen LogP contribution in [0.3, 0.4) is 0 Å². The van der Waals surface area contributed by atoms with Gasteiger partial charge in [-0.1, -0.05) is 25.1 Å². The number of fused-ring (bicyclic) bond motifs is 1. The van der Waals surface area contributed by atoms with Crippen molar-refractivity contribution in [1.82, 2.24) is 5.48 Å². The molecule has 15 heavy (non-hydrogen) atoms. The van der Waals surface area contributed by atoms with Crippen LogP contribution in [0.2, 0.25) is 0 Å². The van der Waals surface area contributed by atoms with Crippen molar-refractivity contribution in [3.63, 3.8) is 0 Å². The molecule has 0 amide bonds. The molecule has 0 aromatic heterocycles. The van der Waals surface area contributed by atoms with Crippen molar-refractivity contribution >= 4 is 0 Å². The maximum absolute atomic E-state index is 5.65. The maximum atomic E-state index is 5.65. The molecule has 82 valence electrons. The lowest BCUT2D eigenvalue weighted by Gasteiger charge is -2.31. The van der Waals surface area contributed by atoms with E-state index in [4.69, 9.17) is 9.57 Å². The van der Waals surface area contributed by atoms with Crippen LogP contribution in [-0.4, -0.2) is 13.2 Å². The molecular formula is C12H17NO2. The molecule has 1 N–H and O–H groups in total. The number of hydrogen-bond donors (Lipinski definition) is 1. The number of hydrogen-bond acceptors (Lipinski definition) is 3. The third-order valence-electron chi connectivity index (χ3n) is 2.68. The van der Waals surface area contributed by atoms with Gasteiger partial charge in [0.15, 0.2) is 0 Å². The van der Waals surface area contributed by atoms with Gasteiger partial charge in [-0.25, -0.2) is 0 Å². The summed E-state index contributed by atoms with van der Waals surface area (Å²) in [5, 5.41) is 0. The minimum absolute atomic E-state index is 0.231. The smallest absolute Gasteiger partial charge is 0.124 e. The molecule has 3 nitrogen and oxygen atoms in total. The van der Waals surface area contributed by atoms with Crippen molar-refractivity contribution in [2.75, 3.05) is 13.2 Å². The summed E-state index contributed by atoms with van der Waals surface area (Å²) >= 11 is 0. The molecule has 1 aromatic carbocycles. The summed E-state index contributed by atoms with van der Waals surface area (Å²) in [5.41, 5.74) is 4.28. The molecule has 0 saturated heterocycles. The van der Waals surface area contributed by atoms with Gasteiger partial charge in [-0.3, -0.25) is 0 Å². The van der Waals surface area contributed by atoms with E-state index in [1.165, 1.54) is 5.56 Å². The first kappa shape index (κ1) is 10.5. The molecule has 1 aromatic rings. The minimum atomic E-state index is 0.231. The predicted molar refractivity (Wildman–Crippen MR) is 58.6 cm³/mol. The third kappa shape index (κ3) is 2.13. The van der Waals surface area contributed by atoms with Gasteiger partial charge in [-0.15, -0.1) is 0 Å². The molecule has 0 radical (unpaired) electrons. The summed E-state index contributed by atoms with van der Waals surface area (Å²) < 4.78 is 5.65. The van der Waals surface area contributed by atoms with E-state index in [0.717, 1.165) is 12.4 Å². The van der Waals surface area contributed by atoms with E-state index in [9.17, 15) is 0 Å². The van der Waals surface area contributed by atoms with Crippen LogP contribution in [0.4, 0.5) is 0 Å². The zero-order chi connectivity index (χ0) is 10.7. The predicted octanol–water partition coefficient (Wildman–Crippen LogP) is 2.30. The molecule has 0 spiro atoms. The Labute approximate surface area is 90.3 Å². The minimum Gasteiger partial charge on any atom is -0.493 e. The van der Waals surface area contributed by atoms with Gasteiger partial charge in [-0.05, 0) is 13.0 Å². The molecule has 1 aliphatic heterocycles. The number of para-hydroxylation sites is 1. The third-order valence-corrected chi connectivity index (χ3v) is 2.68. The van der Waals surface area contributed by atoms with Crippen LogP contribution in [0.15, 0.2) is 24.3 Å². The first-order valence-corrected chi connectivity index (χ1v) is 5.42. The quantitative estimate of drug-likeness (QED) is 0.771. The van der Waals surface area contributed by atoms with Crippen molar-refractivity contribution in [1.29, 1.82) is 0 Å². The highest BCUT2D eigenvalue weighted by molar-refractivity contribution is 5.37. The van der Waals surface area contributed by atoms with Crippen LogP contribution in [0.1, 0.15) is 25.5 Å². The fraction of sp³-hybridized carbons (Fsp3) is 0.500. The SMILES string of the molecule is CCONC1c2ccccc2OCC1C. The molecule has 1 aliphatic rings. The second-order valence-corrected chi connectivity index (χ2v) is 3.85. The van der Waals surface area contributed by atoms with E-state index in [0.29, 0.717) is 12.5 Å². The Morgan fingerprint density at radius 1 is 1.47 bits per heavy atom. The Hall–Kier alpha value is -1.06. The highest BCUT2D eigenvalue weighted by Crippen LogP contribution is 2.34. The van der Waals surface area contributed by atoms with Crippen molar-refractivity contribution in [2.24, 2.45) is 5.92 Å². The van der Waals surface area contributed by atoms with Crippen LogP contribution in [0, 0.1) is 5.92 Å². The molecular weight excluding hydrogens is 190 g/mol. The number of hydroxylamine groups is 1. The Kier molecular flexibility index (Phi) is 3.23. The highest BCUT2D eigenvalue weighted by atomic mass is 16.6. The van der Waals surface area contributed by atoms with Crippen LogP contribution >= 0.6 is 0 Å². The Morgan fingerprint density at radius 2 is 2.27 bits per heavy atom. The largest absolute Gasteiger partial charge is 0.493 e. The van der Waals surface area contributed by atoms with Gasteiger partial charge in [-0.2, -0.15) is 5.48 Å². The second kappa shape index (κ2) is 4.64. The van der Waals surface area contributed by atoms with Gasteiger partial charge >= 0.3 is 0 Å². The van der Waals surface area contributed by atoms with E-state index in [1.54, 1.807) is 0 Å². The van der Waals surface area contributed by atoms with Gasteiger partial charge in [0, 0.05) is 11.5 Å². The van der Waals surface area contributed by atoms with Crippen LogP contribution in [-0.2, 0) is 4.84 Å². The van der Waals surface area contributed by atoms with Crippen LogP contribution < -0.4 is 10.2 Å². The lowest BCUT2D eigenvalue weighted by Crippen LogP contribution is -2.34. The summed E-state index contributed by atoms with van der Waals surface area (Å²) in [6.45, 7) is 5.55. The molecule has 2 atom stereocenters. The van der Waals surface area contributed by atoms with Crippen LogP contribution in [0.5, 0.6) is 5.75 Å². The molecule has 0 saturated carbocycles. The normalized spacial score (nSPS) is 24.4. The Morgan fingerprint density at radius 3 is 3.07 bits per heavy atom. The summed E-state index contributed by atoms with van der Waals surface area (Å²) in [6.07, 6.45) is 0. The average Bonchev–Trinajstić information content (AvgIpc) is 2.28. The van der Waals surface area contributed by atoms with Gasteiger partial charge in [0.2, 0.25) is 0 Å². The second-order valence-electron chi connectivity index (χ2n) is 3.85. The van der Waals surface area contributed by atoms with Gasteiger partial charge in [0.1, 0.15) is 5.75 Å². The van der Waals surface area contributed by atoms with E-state index in [1.807, 2.05) is 25.1 Å². The standard InChI is InChI=1S/C12H17NO2/c1-3-15-13-12-9(2)8-14-11-7-5-4-6-10(11)12/h4-7,9,12-13H,3,8H2,1-2H3. The number of benzene rings is 1. The van der Waals surface area contributed by atoms with E-state index in [-0.39, 0.29) is 6.04 Å². The molecule has 0 bridgehead atoms. The zero-order valence-electron chi connectivity index (χ0n) is 9.19. The Bertz CT molecular complexity index is 327. The van der Waals surface area contributed by atoms with E-state index in [2.05, 4.69) is 18.5 Å². The highest BCUT2D eigenvalue weighted by Gasteiger charge is 2.27. The monoisotopic (exact) mass is 207 g/mol. The fourth-order valence-electron chi connectivity index (χ4n) is 1.85. The average molecular weight is 207 g/mol. The summed E-state index contributed by atoms with van der Waals surface area (Å²) in [7, 11) is 0. The number of rotatable bonds is 3. The van der Waals surface area contributed by atoms with E-state index < -0.39 is 0 Å². The van der Waals surface area contributed by atoms with Crippen molar-refractivity contribution in [2.45, 2.75) is 19.9 Å². The maximum Gasteiger partial charge on any atom is 0.124 e. The molecule has 3 heteroatoms. The van der Waals surface area contributed by atoms with E-state index >= 15 is 0 Å². The lowest BCUT2D eigenvalue weighted by molar-refractivity contribution is -0.00328. The molecule has 2 rings (SSSR count). The summed E-state index contributed by atoms with van der Waals surface area (Å²) in [6, 6.07) is 8.34. The lowest BCUT2D eigenvalue weighted by atomic mass is 9.93. The summed E-state index contributed by atoms with van der Waals surface area (Å²) in [5.74, 6) is 1.39. The van der Waals surface area contributed by atoms with Gasteiger partial charge in [0.25, 0.3) is 0 Å². The van der Waals surface area contributed by atoms with Crippen LogP contribution in [0.25, 0.3) is 0 Å². The fourth-order valence-corrected chi connectivity index (χ4v) is 1.85. The molecule has 0 fully saturated rings. The molecule has 2 unspecified atom stereocenters. The van der Waals surface area contributed by atoms with Gasteiger partial charge < -0.3 is 9.57 Å². The molecule has 0 aliphatic carbocycles. The molecule has 1 heterocycles. The zero-order valence-corrected chi connectivity index (χ0v) is 9.19. The van der Waals surface area contributed by atoms with Crippen molar-refractivity contribution in [3.05, 3.63) is 29.8 Å². The first-order valence-electron chi connectivity index (χ1n) is 5.42. The number of ether oxygens (including phenoxy) is 1.